The Hall–Kier alpha value is -3.62. The highest BCUT2D eigenvalue weighted by Gasteiger charge is 2.42. The predicted molar refractivity (Wildman–Crippen MR) is 116 cm³/mol. The van der Waals surface area contributed by atoms with Crippen LogP contribution in [0.15, 0.2) is 42.5 Å². The van der Waals surface area contributed by atoms with Crippen molar-refractivity contribution in [2.24, 2.45) is 0 Å². The van der Waals surface area contributed by atoms with Crippen molar-refractivity contribution in [2.75, 3.05) is 12.4 Å². The maximum absolute atomic E-state index is 14.8. The van der Waals surface area contributed by atoms with Gasteiger partial charge in [0.15, 0.2) is 0 Å². The zero-order chi connectivity index (χ0) is 24.7. The molecule has 2 heterocycles. The van der Waals surface area contributed by atoms with E-state index >= 15 is 0 Å². The number of benzene rings is 2. The van der Waals surface area contributed by atoms with Crippen LogP contribution in [0.2, 0.25) is 0 Å². The van der Waals surface area contributed by atoms with Crippen molar-refractivity contribution in [2.45, 2.75) is 44.2 Å². The van der Waals surface area contributed by atoms with Gasteiger partial charge in [0.1, 0.15) is 6.02 Å². The Morgan fingerprint density at radius 3 is 2.73 bits per heavy atom. The number of halogens is 2. The topological polar surface area (TPSA) is 95.6 Å². The third-order valence-corrected chi connectivity index (χ3v) is 5.93. The van der Waals surface area contributed by atoms with E-state index in [1.807, 2.05) is 0 Å². The molecule has 2 N–H and O–H groups in total. The van der Waals surface area contributed by atoms with E-state index in [9.17, 15) is 28.0 Å². The maximum Gasteiger partial charge on any atom is 0.332 e. The lowest BCUT2D eigenvalue weighted by atomic mass is 9.96. The highest BCUT2D eigenvalue weighted by Crippen LogP contribution is 2.36. The maximum atomic E-state index is 14.8. The number of fused-ring (bicyclic) bond motifs is 1. The van der Waals surface area contributed by atoms with Gasteiger partial charge < -0.3 is 10.2 Å². The Kier molecular flexibility index (Phi) is 5.62. The van der Waals surface area contributed by atoms with Crippen LogP contribution in [0.3, 0.4) is 0 Å². The number of amides is 3. The smallest absolute Gasteiger partial charge is 0.332 e. The Labute approximate surface area is 190 Å². The Morgan fingerprint density at radius 2 is 2.00 bits per heavy atom. The number of carbonyl (C=O) groups is 4. The van der Waals surface area contributed by atoms with Crippen LogP contribution in [0.4, 0.5) is 14.5 Å². The number of aryl methyl sites for hydroxylation is 1. The van der Waals surface area contributed by atoms with Gasteiger partial charge in [0.2, 0.25) is 17.6 Å². The molecular weight excluding hydrogens is 432 g/mol. The first-order chi connectivity index (χ1) is 16.1. The lowest BCUT2D eigenvalue weighted by molar-refractivity contribution is -0.144. The van der Waals surface area contributed by atoms with Crippen molar-refractivity contribution in [3.63, 3.8) is 0 Å². The molecule has 0 radical (unpaired) electrons. The average Bonchev–Trinajstić information content (AvgIpc) is 3.16. The highest BCUT2D eigenvalue weighted by molar-refractivity contribution is 6.05. The first-order valence-electron chi connectivity index (χ1n) is 11.0. The van der Waals surface area contributed by atoms with E-state index in [2.05, 4.69) is 10.6 Å². The number of hydrogen-bond acceptors (Lipinski definition) is 5. The molecule has 0 aliphatic carbocycles. The van der Waals surface area contributed by atoms with Gasteiger partial charge in [-0.05, 0) is 36.1 Å². The highest BCUT2D eigenvalue weighted by atomic mass is 19.3. The summed E-state index contributed by atoms with van der Waals surface area (Å²) < 4.78 is 38.1. The standard InChI is InChI=1S/C24H23F2N3O4/c1-27-18-5-3-2-4-17(18)24(25,26)20(30)10-7-14-6-8-16-15(12-14)13-29(23(16)33)19-9-11-21(31)28-22(19)32/h2-6,8,12,19,27H,7,9-11,13H2,1H3,(H,28,31,32)/t19-/m0/s1/i19D. The van der Waals surface area contributed by atoms with Crippen LogP contribution in [0.1, 0.15) is 47.7 Å². The van der Waals surface area contributed by atoms with Crippen LogP contribution >= 0.6 is 0 Å². The number of alkyl halides is 2. The summed E-state index contributed by atoms with van der Waals surface area (Å²) in [6.45, 7) is -0.0211. The van der Waals surface area contributed by atoms with Crippen LogP contribution in [-0.2, 0) is 33.3 Å². The second-order valence-electron chi connectivity index (χ2n) is 8.00. The minimum absolute atomic E-state index is 0.0211. The molecule has 33 heavy (non-hydrogen) atoms. The molecule has 1 fully saturated rings. The van der Waals surface area contributed by atoms with Crippen LogP contribution in [0, 0.1) is 0 Å². The molecule has 4 rings (SSSR count). The molecular formula is C24H23F2N3O4. The minimum Gasteiger partial charge on any atom is -0.388 e. The zero-order valence-electron chi connectivity index (χ0n) is 18.9. The Morgan fingerprint density at radius 1 is 1.24 bits per heavy atom. The lowest BCUT2D eigenvalue weighted by Gasteiger charge is -2.29. The van der Waals surface area contributed by atoms with Crippen molar-refractivity contribution in [3.8, 4) is 0 Å². The molecule has 3 amide bonds. The molecule has 172 valence electrons. The number of imide groups is 1. The third kappa shape index (κ3) is 4.22. The van der Waals surface area contributed by atoms with Crippen molar-refractivity contribution in [1.29, 1.82) is 0 Å². The molecule has 1 saturated heterocycles. The third-order valence-electron chi connectivity index (χ3n) is 5.93. The quantitative estimate of drug-likeness (QED) is 0.625. The lowest BCUT2D eigenvalue weighted by Crippen LogP contribution is -2.52. The van der Waals surface area contributed by atoms with E-state index in [4.69, 9.17) is 1.37 Å². The zero-order valence-corrected chi connectivity index (χ0v) is 17.9. The number of ketones is 1. The number of para-hydroxylation sites is 1. The molecule has 2 aromatic rings. The summed E-state index contributed by atoms with van der Waals surface area (Å²) in [5.41, 5.74) is 1.22. The number of carbonyl (C=O) groups excluding carboxylic acids is 4. The fraction of sp³-hybridized carbons (Fsp3) is 0.333. The predicted octanol–water partition coefficient (Wildman–Crippen LogP) is 2.78. The number of Topliss-reactive ketones (excluding diaryl/α,β-unsaturated/α-hetero) is 1. The van der Waals surface area contributed by atoms with E-state index in [0.29, 0.717) is 16.7 Å². The van der Waals surface area contributed by atoms with Gasteiger partial charge in [-0.1, -0.05) is 30.3 Å². The summed E-state index contributed by atoms with van der Waals surface area (Å²) in [4.78, 5) is 50.1. The number of nitrogens with one attached hydrogen (secondary N) is 2. The van der Waals surface area contributed by atoms with Gasteiger partial charge in [0.25, 0.3) is 5.91 Å². The second-order valence-corrected chi connectivity index (χ2v) is 8.00. The van der Waals surface area contributed by atoms with Crippen molar-refractivity contribution in [1.82, 2.24) is 10.2 Å². The molecule has 0 bridgehead atoms. The fourth-order valence-corrected chi connectivity index (χ4v) is 4.15. The minimum atomic E-state index is -3.66. The number of hydrogen-bond donors (Lipinski definition) is 2. The molecule has 0 spiro atoms. The normalized spacial score (nSPS) is 20.9. The van der Waals surface area contributed by atoms with Crippen LogP contribution in [0.5, 0.6) is 0 Å². The summed E-state index contributed by atoms with van der Waals surface area (Å²) in [5, 5.41) is 4.77. The van der Waals surface area contributed by atoms with Crippen molar-refractivity contribution < 1.29 is 29.3 Å². The molecule has 0 saturated carbocycles. The largest absolute Gasteiger partial charge is 0.388 e. The number of rotatable bonds is 7. The van der Waals surface area contributed by atoms with Gasteiger partial charge in [-0.3, -0.25) is 24.5 Å². The van der Waals surface area contributed by atoms with Crippen molar-refractivity contribution in [3.05, 3.63) is 64.7 Å². The van der Waals surface area contributed by atoms with Crippen molar-refractivity contribution >= 4 is 29.2 Å². The van der Waals surface area contributed by atoms with Gasteiger partial charge in [-0.15, -0.1) is 0 Å². The monoisotopic (exact) mass is 456 g/mol. The van der Waals surface area contributed by atoms with Gasteiger partial charge in [0.05, 0.1) is 6.93 Å². The fourth-order valence-electron chi connectivity index (χ4n) is 4.15. The van der Waals surface area contributed by atoms with E-state index in [0.717, 1.165) is 4.90 Å². The molecule has 7 nitrogen and oxygen atoms in total. The molecule has 9 heteroatoms. The van der Waals surface area contributed by atoms with E-state index < -0.39 is 41.9 Å². The summed E-state index contributed by atoms with van der Waals surface area (Å²) in [5.74, 6) is -6.72. The van der Waals surface area contributed by atoms with E-state index in [-0.39, 0.29) is 37.1 Å². The molecule has 2 aliphatic heterocycles. The van der Waals surface area contributed by atoms with Crippen LogP contribution in [-0.4, -0.2) is 41.5 Å². The SMILES string of the molecule is [2H][C@]1(N2Cc3cc(CCC(=O)C(F)(F)c4ccccc4NC)ccc3C2=O)CCC(=O)NC1=O. The van der Waals surface area contributed by atoms with E-state index in [1.165, 1.54) is 31.3 Å². The summed E-state index contributed by atoms with van der Waals surface area (Å²) >= 11 is 0. The first kappa shape index (κ1) is 21.2. The summed E-state index contributed by atoms with van der Waals surface area (Å²) in [7, 11) is 1.50. The molecule has 0 unspecified atom stereocenters. The summed E-state index contributed by atoms with van der Waals surface area (Å²) in [6, 6.07) is 8.56. The van der Waals surface area contributed by atoms with Gasteiger partial charge >= 0.3 is 5.92 Å². The number of nitrogens with zero attached hydrogens (tertiary/aromatic N) is 1. The number of anilines is 1. The van der Waals surface area contributed by atoms with Gasteiger partial charge in [-0.2, -0.15) is 8.78 Å². The molecule has 2 aromatic carbocycles. The van der Waals surface area contributed by atoms with E-state index in [1.54, 1.807) is 18.2 Å². The first-order valence-corrected chi connectivity index (χ1v) is 10.5. The Balaban J connectivity index is 1.47. The average molecular weight is 456 g/mol. The Bertz CT molecular complexity index is 1200. The second kappa shape index (κ2) is 8.73. The van der Waals surface area contributed by atoms with Crippen LogP contribution < -0.4 is 10.6 Å². The van der Waals surface area contributed by atoms with Gasteiger partial charge in [-0.25, -0.2) is 0 Å². The summed E-state index contributed by atoms with van der Waals surface area (Å²) in [6.07, 6.45) is -0.525. The molecule has 0 aromatic heterocycles. The molecule has 2 aliphatic rings. The number of piperidine rings is 1. The van der Waals surface area contributed by atoms with Gasteiger partial charge in [0, 0.05) is 37.7 Å². The molecule has 1 atom stereocenters. The van der Waals surface area contributed by atoms with Crippen LogP contribution in [0.25, 0.3) is 0 Å².